The number of hydrogen-bond donors (Lipinski definition) is 2. The van der Waals surface area contributed by atoms with Crippen LogP contribution in [0.2, 0.25) is 0 Å². The van der Waals surface area contributed by atoms with Crippen LogP contribution in [0.25, 0.3) is 0 Å². The molecule has 0 amide bonds. The van der Waals surface area contributed by atoms with Crippen LogP contribution < -0.4 is 15.4 Å². The molecule has 0 radical (unpaired) electrons. The van der Waals surface area contributed by atoms with Gasteiger partial charge in [0.15, 0.2) is 0 Å². The van der Waals surface area contributed by atoms with Gasteiger partial charge >= 0.3 is 0 Å². The van der Waals surface area contributed by atoms with Gasteiger partial charge in [0, 0.05) is 12.7 Å². The lowest BCUT2D eigenvalue weighted by Crippen LogP contribution is -2.19. The molecule has 2 aromatic heterocycles. The second-order valence-corrected chi connectivity index (χ2v) is 6.79. The van der Waals surface area contributed by atoms with E-state index < -0.39 is 0 Å². The van der Waals surface area contributed by atoms with Crippen LogP contribution in [0.4, 0.5) is 17.5 Å². The molecule has 2 aromatic rings. The Balaban J connectivity index is 1.73. The minimum absolute atomic E-state index is 0.490. The Morgan fingerprint density at radius 2 is 2.22 bits per heavy atom. The van der Waals surface area contributed by atoms with Crippen molar-refractivity contribution in [1.29, 1.82) is 0 Å². The molecule has 0 spiro atoms. The molecule has 4 rings (SSSR count). The molecular weight excluding hydrogens is 360 g/mol. The summed E-state index contributed by atoms with van der Waals surface area (Å²) in [5.74, 6) is 1.97. The third-order valence-corrected chi connectivity index (χ3v) is 4.95. The number of rotatable bonds is 1. The van der Waals surface area contributed by atoms with Gasteiger partial charge in [0.05, 0.1) is 22.8 Å². The molecule has 122 valence electrons. The molecule has 1 aliphatic carbocycles. The van der Waals surface area contributed by atoms with Crippen LogP contribution in [-0.4, -0.2) is 32.9 Å². The van der Waals surface area contributed by atoms with Crippen molar-refractivity contribution in [3.63, 3.8) is 0 Å². The van der Waals surface area contributed by atoms with Crippen LogP contribution >= 0.6 is 15.9 Å². The van der Waals surface area contributed by atoms with Crippen molar-refractivity contribution < 1.29 is 4.74 Å². The summed E-state index contributed by atoms with van der Waals surface area (Å²) in [6, 6.07) is 0.490. The minimum Gasteiger partial charge on any atom is -0.475 e. The van der Waals surface area contributed by atoms with Crippen molar-refractivity contribution in [1.82, 2.24) is 19.7 Å². The molecule has 1 saturated carbocycles. The fraction of sp³-hybridized carbons (Fsp3) is 0.533. The highest BCUT2D eigenvalue weighted by molar-refractivity contribution is 9.10. The van der Waals surface area contributed by atoms with E-state index in [4.69, 9.17) is 4.74 Å². The van der Waals surface area contributed by atoms with Gasteiger partial charge in [-0.1, -0.05) is 0 Å². The molecule has 7 nitrogen and oxygen atoms in total. The lowest BCUT2D eigenvalue weighted by Gasteiger charge is -2.26. The molecule has 8 heteroatoms. The van der Waals surface area contributed by atoms with Crippen molar-refractivity contribution in [2.24, 2.45) is 0 Å². The van der Waals surface area contributed by atoms with Gasteiger partial charge in [0.1, 0.15) is 11.5 Å². The summed E-state index contributed by atoms with van der Waals surface area (Å²) in [6.07, 6.45) is 6.27. The zero-order valence-corrected chi connectivity index (χ0v) is 14.6. The Bertz CT molecular complexity index is 727. The summed E-state index contributed by atoms with van der Waals surface area (Å²) >= 11 is 3.47. The van der Waals surface area contributed by atoms with Gasteiger partial charge in [0.25, 0.3) is 5.88 Å². The quantitative estimate of drug-likeness (QED) is 0.791. The second kappa shape index (κ2) is 5.99. The van der Waals surface area contributed by atoms with E-state index in [1.54, 1.807) is 6.20 Å². The first-order valence-corrected chi connectivity index (χ1v) is 8.77. The van der Waals surface area contributed by atoms with Gasteiger partial charge in [-0.2, -0.15) is 4.98 Å². The van der Waals surface area contributed by atoms with Crippen LogP contribution in [0.3, 0.4) is 0 Å². The van der Waals surface area contributed by atoms with Crippen LogP contribution in [0.5, 0.6) is 5.88 Å². The first-order valence-electron chi connectivity index (χ1n) is 7.97. The highest BCUT2D eigenvalue weighted by Crippen LogP contribution is 2.38. The molecule has 1 fully saturated rings. The number of nitrogens with zero attached hydrogens (tertiary/aromatic N) is 4. The normalized spacial score (nSPS) is 17.8. The minimum atomic E-state index is 0.490. The topological polar surface area (TPSA) is 76.9 Å². The Labute approximate surface area is 143 Å². The van der Waals surface area contributed by atoms with Crippen LogP contribution in [-0.2, 0) is 0 Å². The standard InChI is InChI=1S/C15H19BrN6O/c1-9-12-14(21-22(9)10-4-2-5-10)23-7-3-6-17-13-11(16)8-18-15(19-12)20-13/h8,10H,2-7H2,1H3,(H2,17,18,19,20). The number of ether oxygens (including phenoxy) is 1. The Morgan fingerprint density at radius 3 is 3.00 bits per heavy atom. The predicted octanol–water partition coefficient (Wildman–Crippen LogP) is 3.41. The van der Waals surface area contributed by atoms with Crippen molar-refractivity contribution in [2.75, 3.05) is 23.8 Å². The lowest BCUT2D eigenvalue weighted by molar-refractivity contribution is 0.263. The molecule has 3 heterocycles. The maximum Gasteiger partial charge on any atom is 0.257 e. The Kier molecular flexibility index (Phi) is 3.84. The third kappa shape index (κ3) is 2.75. The van der Waals surface area contributed by atoms with E-state index in [9.17, 15) is 0 Å². The lowest BCUT2D eigenvalue weighted by atomic mass is 9.93. The average Bonchev–Trinajstić information content (AvgIpc) is 2.76. The molecule has 1 aliphatic heterocycles. The van der Waals surface area contributed by atoms with Gasteiger partial charge in [-0.05, 0) is 48.5 Å². The highest BCUT2D eigenvalue weighted by Gasteiger charge is 2.26. The molecule has 2 bridgehead atoms. The van der Waals surface area contributed by atoms with Gasteiger partial charge < -0.3 is 15.4 Å². The number of nitrogens with one attached hydrogen (secondary N) is 2. The van der Waals surface area contributed by atoms with E-state index in [0.717, 1.165) is 34.6 Å². The first-order chi connectivity index (χ1) is 11.2. The van der Waals surface area contributed by atoms with Crippen LogP contribution in [0, 0.1) is 6.92 Å². The summed E-state index contributed by atoms with van der Waals surface area (Å²) in [4.78, 5) is 8.87. The third-order valence-electron chi connectivity index (χ3n) is 4.37. The number of hydrogen-bond acceptors (Lipinski definition) is 6. The summed E-state index contributed by atoms with van der Waals surface area (Å²) < 4.78 is 8.85. The Morgan fingerprint density at radius 1 is 1.35 bits per heavy atom. The van der Waals surface area contributed by atoms with E-state index in [1.807, 2.05) is 0 Å². The molecule has 0 unspecified atom stereocenters. The van der Waals surface area contributed by atoms with Crippen LogP contribution in [0.15, 0.2) is 10.7 Å². The number of fused-ring (bicyclic) bond motifs is 3. The largest absolute Gasteiger partial charge is 0.475 e. The maximum atomic E-state index is 5.91. The number of aromatic nitrogens is 4. The van der Waals surface area contributed by atoms with Gasteiger partial charge in [0.2, 0.25) is 5.95 Å². The SMILES string of the molecule is Cc1c2c(nn1C1CCC1)OCCCNc1nc(ncc1Br)N2. The fourth-order valence-corrected chi connectivity index (χ4v) is 3.17. The van der Waals surface area contributed by atoms with Crippen LogP contribution in [0.1, 0.15) is 37.4 Å². The van der Waals surface area contributed by atoms with E-state index >= 15 is 0 Å². The van der Waals surface area contributed by atoms with Crippen molar-refractivity contribution in [3.05, 3.63) is 16.4 Å². The van der Waals surface area contributed by atoms with Gasteiger partial charge in [-0.25, -0.2) is 4.98 Å². The highest BCUT2D eigenvalue weighted by atomic mass is 79.9. The molecular formula is C15H19BrN6O. The smallest absolute Gasteiger partial charge is 0.257 e. The fourth-order valence-electron chi connectivity index (χ4n) is 2.83. The Hall–Kier alpha value is -1.83. The summed E-state index contributed by atoms with van der Waals surface area (Å²) in [5, 5.41) is 11.3. The molecule has 23 heavy (non-hydrogen) atoms. The number of halogens is 1. The second-order valence-electron chi connectivity index (χ2n) is 5.94. The zero-order valence-electron chi connectivity index (χ0n) is 13.0. The monoisotopic (exact) mass is 378 g/mol. The van der Waals surface area contributed by atoms with Gasteiger partial charge in [-0.3, -0.25) is 4.68 Å². The predicted molar refractivity (Wildman–Crippen MR) is 91.5 cm³/mol. The summed E-state index contributed by atoms with van der Waals surface area (Å²) in [7, 11) is 0. The van der Waals surface area contributed by atoms with Crippen molar-refractivity contribution in [3.8, 4) is 5.88 Å². The molecule has 2 N–H and O–H groups in total. The first kappa shape index (κ1) is 14.7. The van der Waals surface area contributed by atoms with E-state index in [1.165, 1.54) is 19.3 Å². The van der Waals surface area contributed by atoms with Crippen molar-refractivity contribution in [2.45, 2.75) is 38.6 Å². The molecule has 0 saturated heterocycles. The van der Waals surface area contributed by atoms with Gasteiger partial charge in [-0.15, -0.1) is 5.10 Å². The summed E-state index contributed by atoms with van der Waals surface area (Å²) in [6.45, 7) is 3.47. The molecule has 0 aromatic carbocycles. The molecule has 0 atom stereocenters. The zero-order chi connectivity index (χ0) is 15.8. The molecule has 2 aliphatic rings. The average molecular weight is 379 g/mol. The van der Waals surface area contributed by atoms with E-state index in [-0.39, 0.29) is 0 Å². The number of anilines is 3. The summed E-state index contributed by atoms with van der Waals surface area (Å²) in [5.41, 5.74) is 1.94. The maximum absolute atomic E-state index is 5.91. The van der Waals surface area contributed by atoms with E-state index in [0.29, 0.717) is 24.5 Å². The van der Waals surface area contributed by atoms with Crippen molar-refractivity contribution >= 4 is 33.4 Å². The van der Waals surface area contributed by atoms with E-state index in [2.05, 4.69) is 53.2 Å².